The van der Waals surface area contributed by atoms with E-state index in [2.05, 4.69) is 12.1 Å². The Hall–Kier alpha value is -2.04. The SMILES string of the molecule is Cl.NCC1CCN(C(=O)CCOc2ccccc2-c2ccccc2)C1. The van der Waals surface area contributed by atoms with Gasteiger partial charge in [0.05, 0.1) is 13.0 Å². The largest absolute Gasteiger partial charge is 0.492 e. The van der Waals surface area contributed by atoms with Crippen LogP contribution in [0.4, 0.5) is 0 Å². The molecule has 0 bridgehead atoms. The Morgan fingerprint density at radius 1 is 1.12 bits per heavy atom. The lowest BCUT2D eigenvalue weighted by atomic mass is 10.1. The maximum atomic E-state index is 12.3. The summed E-state index contributed by atoms with van der Waals surface area (Å²) >= 11 is 0. The van der Waals surface area contributed by atoms with Gasteiger partial charge in [-0.25, -0.2) is 0 Å². The van der Waals surface area contributed by atoms with Gasteiger partial charge in [-0.15, -0.1) is 12.4 Å². The number of benzene rings is 2. The van der Waals surface area contributed by atoms with Gasteiger partial charge in [-0.05, 0) is 30.5 Å². The van der Waals surface area contributed by atoms with E-state index in [1.54, 1.807) is 0 Å². The molecule has 0 radical (unpaired) electrons. The number of carbonyl (C=O) groups is 1. The number of hydrogen-bond donors (Lipinski definition) is 1. The van der Waals surface area contributed by atoms with Gasteiger partial charge in [0.1, 0.15) is 5.75 Å². The van der Waals surface area contributed by atoms with E-state index in [0.717, 1.165) is 36.4 Å². The van der Waals surface area contributed by atoms with E-state index in [1.807, 2.05) is 47.4 Å². The fourth-order valence-electron chi connectivity index (χ4n) is 3.11. The molecule has 25 heavy (non-hydrogen) atoms. The summed E-state index contributed by atoms with van der Waals surface area (Å²) < 4.78 is 5.90. The molecule has 1 saturated heterocycles. The monoisotopic (exact) mass is 360 g/mol. The minimum atomic E-state index is 0. The zero-order valence-electron chi connectivity index (χ0n) is 14.3. The van der Waals surface area contributed by atoms with E-state index < -0.39 is 0 Å². The number of hydrogen-bond acceptors (Lipinski definition) is 3. The van der Waals surface area contributed by atoms with Gasteiger partial charge in [0.25, 0.3) is 0 Å². The van der Waals surface area contributed by atoms with Gasteiger partial charge in [0, 0.05) is 18.7 Å². The molecule has 0 saturated carbocycles. The third-order valence-corrected chi connectivity index (χ3v) is 4.52. The fraction of sp³-hybridized carbons (Fsp3) is 0.350. The van der Waals surface area contributed by atoms with Crippen molar-refractivity contribution < 1.29 is 9.53 Å². The smallest absolute Gasteiger partial charge is 0.226 e. The molecule has 3 rings (SSSR count). The summed E-state index contributed by atoms with van der Waals surface area (Å²) in [4.78, 5) is 14.2. The van der Waals surface area contributed by atoms with Crippen molar-refractivity contribution in [3.8, 4) is 16.9 Å². The maximum absolute atomic E-state index is 12.3. The molecular weight excluding hydrogens is 336 g/mol. The molecule has 0 aromatic heterocycles. The van der Waals surface area contributed by atoms with Crippen LogP contribution in [0, 0.1) is 5.92 Å². The van der Waals surface area contributed by atoms with Gasteiger partial charge >= 0.3 is 0 Å². The summed E-state index contributed by atoms with van der Waals surface area (Å²) in [5.74, 6) is 1.43. The van der Waals surface area contributed by atoms with Crippen molar-refractivity contribution in [2.45, 2.75) is 12.8 Å². The van der Waals surface area contributed by atoms with Crippen molar-refractivity contribution in [2.24, 2.45) is 11.7 Å². The van der Waals surface area contributed by atoms with E-state index in [9.17, 15) is 4.79 Å². The van der Waals surface area contributed by atoms with Crippen molar-refractivity contribution in [3.63, 3.8) is 0 Å². The van der Waals surface area contributed by atoms with Gasteiger partial charge in [0.15, 0.2) is 0 Å². The Labute approximate surface area is 155 Å². The summed E-state index contributed by atoms with van der Waals surface area (Å²) in [6, 6.07) is 18.1. The van der Waals surface area contributed by atoms with Crippen LogP contribution in [0.15, 0.2) is 54.6 Å². The first-order valence-corrected chi connectivity index (χ1v) is 8.53. The van der Waals surface area contributed by atoms with Crippen LogP contribution in [0.25, 0.3) is 11.1 Å². The Bertz CT molecular complexity index is 678. The number of nitrogens with two attached hydrogens (primary N) is 1. The fourth-order valence-corrected chi connectivity index (χ4v) is 3.11. The number of rotatable bonds is 6. The third-order valence-electron chi connectivity index (χ3n) is 4.52. The van der Waals surface area contributed by atoms with Crippen molar-refractivity contribution >= 4 is 18.3 Å². The van der Waals surface area contributed by atoms with Gasteiger partial charge in [-0.3, -0.25) is 4.79 Å². The van der Waals surface area contributed by atoms with Crippen LogP contribution in [0.3, 0.4) is 0 Å². The third kappa shape index (κ3) is 4.97. The Morgan fingerprint density at radius 2 is 1.84 bits per heavy atom. The van der Waals surface area contributed by atoms with Crippen LogP contribution >= 0.6 is 12.4 Å². The van der Waals surface area contributed by atoms with Crippen LogP contribution in [-0.2, 0) is 4.79 Å². The molecule has 2 aromatic carbocycles. The molecule has 1 heterocycles. The molecule has 2 N–H and O–H groups in total. The second kappa shape index (κ2) is 9.44. The lowest BCUT2D eigenvalue weighted by Gasteiger charge is -2.17. The molecule has 1 amide bonds. The molecular formula is C20H25ClN2O2. The standard InChI is InChI=1S/C20H24N2O2.ClH/c21-14-16-10-12-22(15-16)20(23)11-13-24-19-9-5-4-8-18(19)17-6-2-1-3-7-17;/h1-9,16H,10-15,21H2;1H. The average Bonchev–Trinajstić information content (AvgIpc) is 3.12. The Balaban J connectivity index is 0.00000225. The van der Waals surface area contributed by atoms with Crippen molar-refractivity contribution in [1.82, 2.24) is 4.90 Å². The topological polar surface area (TPSA) is 55.6 Å². The van der Waals surface area contributed by atoms with Crippen LogP contribution < -0.4 is 10.5 Å². The lowest BCUT2D eigenvalue weighted by Crippen LogP contribution is -2.30. The van der Waals surface area contributed by atoms with E-state index in [4.69, 9.17) is 10.5 Å². The summed E-state index contributed by atoms with van der Waals surface area (Å²) in [7, 11) is 0. The van der Waals surface area contributed by atoms with Crippen molar-refractivity contribution in [2.75, 3.05) is 26.2 Å². The normalized spacial score (nSPS) is 16.4. The molecule has 2 aromatic rings. The molecule has 1 unspecified atom stereocenters. The highest BCUT2D eigenvalue weighted by atomic mass is 35.5. The van der Waals surface area contributed by atoms with Gasteiger partial charge in [-0.1, -0.05) is 48.5 Å². The van der Waals surface area contributed by atoms with Crippen LogP contribution in [0.5, 0.6) is 5.75 Å². The summed E-state index contributed by atoms with van der Waals surface area (Å²) in [5, 5.41) is 0. The van der Waals surface area contributed by atoms with E-state index in [0.29, 0.717) is 25.5 Å². The predicted molar refractivity (Wildman–Crippen MR) is 103 cm³/mol. The minimum absolute atomic E-state index is 0. The number of nitrogens with zero attached hydrogens (tertiary/aromatic N) is 1. The molecule has 134 valence electrons. The average molecular weight is 361 g/mol. The second-order valence-corrected chi connectivity index (χ2v) is 6.19. The van der Waals surface area contributed by atoms with Crippen LogP contribution in [0.1, 0.15) is 12.8 Å². The highest BCUT2D eigenvalue weighted by molar-refractivity contribution is 5.85. The quantitative estimate of drug-likeness (QED) is 0.859. The number of likely N-dealkylation sites (tertiary alicyclic amines) is 1. The number of amides is 1. The molecule has 5 heteroatoms. The first-order valence-electron chi connectivity index (χ1n) is 8.53. The molecule has 1 fully saturated rings. The van der Waals surface area contributed by atoms with Crippen LogP contribution in [0.2, 0.25) is 0 Å². The number of para-hydroxylation sites is 1. The molecule has 1 atom stereocenters. The second-order valence-electron chi connectivity index (χ2n) is 6.19. The molecule has 1 aliphatic heterocycles. The first kappa shape index (κ1) is 19.3. The molecule has 0 aliphatic carbocycles. The zero-order valence-corrected chi connectivity index (χ0v) is 15.1. The summed E-state index contributed by atoms with van der Waals surface area (Å²) in [6.07, 6.45) is 1.42. The van der Waals surface area contributed by atoms with Crippen LogP contribution in [-0.4, -0.2) is 37.0 Å². The first-order chi connectivity index (χ1) is 11.8. The van der Waals surface area contributed by atoms with Gasteiger partial charge in [0.2, 0.25) is 5.91 Å². The number of halogens is 1. The van der Waals surface area contributed by atoms with Crippen molar-refractivity contribution in [3.05, 3.63) is 54.6 Å². The van der Waals surface area contributed by atoms with E-state index >= 15 is 0 Å². The number of carbonyl (C=O) groups excluding carboxylic acids is 1. The highest BCUT2D eigenvalue weighted by Gasteiger charge is 2.24. The Kier molecular flexibility index (Phi) is 7.29. The molecule has 0 spiro atoms. The Morgan fingerprint density at radius 3 is 2.56 bits per heavy atom. The highest BCUT2D eigenvalue weighted by Crippen LogP contribution is 2.29. The summed E-state index contributed by atoms with van der Waals surface area (Å²) in [5.41, 5.74) is 7.85. The molecule has 4 nitrogen and oxygen atoms in total. The predicted octanol–water partition coefficient (Wildman–Crippen LogP) is 3.35. The summed E-state index contributed by atoms with van der Waals surface area (Å²) in [6.45, 7) is 2.66. The van der Waals surface area contributed by atoms with Gasteiger partial charge < -0.3 is 15.4 Å². The number of ether oxygens (including phenoxy) is 1. The minimum Gasteiger partial charge on any atom is -0.492 e. The van der Waals surface area contributed by atoms with E-state index in [-0.39, 0.29) is 18.3 Å². The lowest BCUT2D eigenvalue weighted by molar-refractivity contribution is -0.130. The zero-order chi connectivity index (χ0) is 16.8. The van der Waals surface area contributed by atoms with Crippen molar-refractivity contribution in [1.29, 1.82) is 0 Å². The van der Waals surface area contributed by atoms with E-state index in [1.165, 1.54) is 0 Å². The molecule has 1 aliphatic rings. The van der Waals surface area contributed by atoms with Gasteiger partial charge in [-0.2, -0.15) is 0 Å². The maximum Gasteiger partial charge on any atom is 0.226 e.